The molecule has 2 atom stereocenters. The highest BCUT2D eigenvalue weighted by Crippen LogP contribution is 2.16. The molecule has 1 saturated heterocycles. The van der Waals surface area contributed by atoms with E-state index in [9.17, 15) is 8.42 Å². The first kappa shape index (κ1) is 13.9. The first-order chi connectivity index (χ1) is 7.38. The summed E-state index contributed by atoms with van der Waals surface area (Å²) < 4.78 is 25.6. The summed E-state index contributed by atoms with van der Waals surface area (Å²) in [7, 11) is 0.727. The van der Waals surface area contributed by atoms with Crippen molar-refractivity contribution in [2.75, 3.05) is 39.5 Å². The molecule has 1 heterocycles. The van der Waals surface area contributed by atoms with Crippen LogP contribution in [0.3, 0.4) is 0 Å². The highest BCUT2D eigenvalue weighted by Gasteiger charge is 2.32. The van der Waals surface area contributed by atoms with Gasteiger partial charge in [0.05, 0.1) is 5.75 Å². The summed E-state index contributed by atoms with van der Waals surface area (Å²) in [6.07, 6.45) is 0. The van der Waals surface area contributed by atoms with E-state index in [1.165, 1.54) is 0 Å². The van der Waals surface area contributed by atoms with E-state index in [1.54, 1.807) is 11.4 Å². The van der Waals surface area contributed by atoms with E-state index in [0.717, 1.165) is 0 Å². The van der Waals surface area contributed by atoms with Crippen LogP contribution < -0.4 is 5.32 Å². The lowest BCUT2D eigenvalue weighted by molar-refractivity contribution is 0.105. The van der Waals surface area contributed by atoms with Gasteiger partial charge in [0.1, 0.15) is 0 Å². The zero-order chi connectivity index (χ0) is 12.3. The molecule has 1 fully saturated rings. The van der Waals surface area contributed by atoms with Crippen molar-refractivity contribution in [3.8, 4) is 0 Å². The lowest BCUT2D eigenvalue weighted by Gasteiger charge is -2.41. The van der Waals surface area contributed by atoms with Crippen LogP contribution in [0.2, 0.25) is 0 Å². The van der Waals surface area contributed by atoms with E-state index in [4.69, 9.17) is 0 Å². The molecular formula is C10H23N3O2S. The Balaban J connectivity index is 2.67. The zero-order valence-electron chi connectivity index (χ0n) is 10.6. The zero-order valence-corrected chi connectivity index (χ0v) is 11.4. The van der Waals surface area contributed by atoms with Gasteiger partial charge in [-0.25, -0.2) is 8.42 Å². The molecule has 1 N–H and O–H groups in total. The first-order valence-electron chi connectivity index (χ1n) is 5.73. The lowest BCUT2D eigenvalue weighted by Crippen LogP contribution is -2.57. The average molecular weight is 249 g/mol. The Hall–Kier alpha value is -0.170. The van der Waals surface area contributed by atoms with E-state index in [-0.39, 0.29) is 17.8 Å². The monoisotopic (exact) mass is 249 g/mol. The van der Waals surface area contributed by atoms with Crippen LogP contribution in [0.5, 0.6) is 0 Å². The molecule has 16 heavy (non-hydrogen) atoms. The third kappa shape index (κ3) is 3.16. The summed E-state index contributed by atoms with van der Waals surface area (Å²) >= 11 is 0. The molecule has 5 nitrogen and oxygen atoms in total. The minimum absolute atomic E-state index is 0.187. The van der Waals surface area contributed by atoms with Crippen molar-refractivity contribution in [2.45, 2.75) is 25.9 Å². The number of rotatable bonds is 4. The van der Waals surface area contributed by atoms with E-state index in [1.807, 2.05) is 7.05 Å². The van der Waals surface area contributed by atoms with Gasteiger partial charge in [0.25, 0.3) is 0 Å². The van der Waals surface area contributed by atoms with Gasteiger partial charge >= 0.3 is 0 Å². The average Bonchev–Trinajstić information content (AvgIpc) is 2.22. The second-order valence-corrected chi connectivity index (χ2v) is 6.69. The Kier molecular flexibility index (Phi) is 4.73. The number of likely N-dealkylation sites (N-methyl/N-ethyl adjacent to an activating group) is 1. The Morgan fingerprint density at radius 1 is 1.25 bits per heavy atom. The fraction of sp³-hybridized carbons (Fsp3) is 1.00. The molecule has 96 valence electrons. The summed E-state index contributed by atoms with van der Waals surface area (Å²) in [6.45, 7) is 5.85. The molecule has 0 aromatic heterocycles. The lowest BCUT2D eigenvalue weighted by atomic mass is 10.1. The number of sulfonamides is 1. The Bertz CT molecular complexity index is 306. The van der Waals surface area contributed by atoms with Gasteiger partial charge in [-0.05, 0) is 27.9 Å². The quantitative estimate of drug-likeness (QED) is 0.734. The molecule has 0 aliphatic carbocycles. The first-order valence-corrected chi connectivity index (χ1v) is 7.33. The molecule has 6 heteroatoms. The molecule has 0 spiro atoms. The predicted octanol–water partition coefficient (Wildman–Crippen LogP) is -0.440. The topological polar surface area (TPSA) is 52.7 Å². The van der Waals surface area contributed by atoms with Crippen molar-refractivity contribution in [1.82, 2.24) is 14.5 Å². The van der Waals surface area contributed by atoms with Crippen molar-refractivity contribution in [3.05, 3.63) is 0 Å². The number of piperazine rings is 1. The van der Waals surface area contributed by atoms with Crippen LogP contribution >= 0.6 is 0 Å². The minimum Gasteiger partial charge on any atom is -0.319 e. The van der Waals surface area contributed by atoms with Crippen molar-refractivity contribution in [3.63, 3.8) is 0 Å². The third-order valence-corrected chi connectivity index (χ3v) is 5.13. The van der Waals surface area contributed by atoms with E-state index in [0.29, 0.717) is 19.6 Å². The van der Waals surface area contributed by atoms with Gasteiger partial charge in [-0.3, -0.25) is 4.90 Å². The highest BCUT2D eigenvalue weighted by atomic mass is 32.2. The molecule has 1 aliphatic rings. The van der Waals surface area contributed by atoms with E-state index >= 15 is 0 Å². The largest absolute Gasteiger partial charge is 0.319 e. The molecule has 0 bridgehead atoms. The molecule has 2 unspecified atom stereocenters. The van der Waals surface area contributed by atoms with Crippen LogP contribution in [0, 0.1) is 0 Å². The van der Waals surface area contributed by atoms with Crippen LogP contribution in [0.25, 0.3) is 0 Å². The standard InChI is InChI=1S/C10H23N3O2S/c1-9-7-13(8-10(2)12(9)4)16(14,15)6-5-11-3/h9-11H,5-8H2,1-4H3. The van der Waals surface area contributed by atoms with Crippen LogP contribution in [0.1, 0.15) is 13.8 Å². The second kappa shape index (κ2) is 5.44. The number of hydrogen-bond acceptors (Lipinski definition) is 4. The van der Waals surface area contributed by atoms with Gasteiger partial charge in [0.2, 0.25) is 10.0 Å². The number of nitrogens with zero attached hydrogens (tertiary/aromatic N) is 2. The fourth-order valence-electron chi connectivity index (χ4n) is 1.94. The molecular weight excluding hydrogens is 226 g/mol. The van der Waals surface area contributed by atoms with Crippen molar-refractivity contribution >= 4 is 10.0 Å². The Morgan fingerprint density at radius 3 is 2.19 bits per heavy atom. The van der Waals surface area contributed by atoms with Crippen LogP contribution in [0.4, 0.5) is 0 Å². The molecule has 0 aromatic carbocycles. The van der Waals surface area contributed by atoms with Crippen LogP contribution in [-0.2, 0) is 10.0 Å². The fourth-order valence-corrected chi connectivity index (χ4v) is 3.55. The van der Waals surface area contributed by atoms with Crippen LogP contribution in [-0.4, -0.2) is 69.2 Å². The van der Waals surface area contributed by atoms with Crippen LogP contribution in [0.15, 0.2) is 0 Å². The van der Waals surface area contributed by atoms with Crippen molar-refractivity contribution in [2.24, 2.45) is 0 Å². The molecule has 0 amide bonds. The number of nitrogens with one attached hydrogen (secondary N) is 1. The maximum atomic E-state index is 12.0. The normalized spacial score (nSPS) is 29.5. The summed E-state index contributed by atoms with van der Waals surface area (Å²) in [5.74, 6) is 0.187. The van der Waals surface area contributed by atoms with Gasteiger partial charge < -0.3 is 5.32 Å². The molecule has 0 aromatic rings. The van der Waals surface area contributed by atoms with E-state index in [2.05, 4.69) is 24.1 Å². The van der Waals surface area contributed by atoms with Crippen molar-refractivity contribution in [1.29, 1.82) is 0 Å². The third-order valence-electron chi connectivity index (χ3n) is 3.33. The minimum atomic E-state index is -3.09. The van der Waals surface area contributed by atoms with Crippen molar-refractivity contribution < 1.29 is 8.42 Å². The molecule has 1 rings (SSSR count). The second-order valence-electron chi connectivity index (χ2n) is 4.60. The predicted molar refractivity (Wildman–Crippen MR) is 66.0 cm³/mol. The maximum absolute atomic E-state index is 12.0. The summed E-state index contributed by atoms with van der Waals surface area (Å²) in [5.41, 5.74) is 0. The van der Waals surface area contributed by atoms with E-state index < -0.39 is 10.0 Å². The van der Waals surface area contributed by atoms with Gasteiger partial charge in [0, 0.05) is 31.7 Å². The Labute approximate surface area is 98.8 Å². The summed E-state index contributed by atoms with van der Waals surface area (Å²) in [6, 6.07) is 0.571. The van der Waals surface area contributed by atoms with Gasteiger partial charge in [0.15, 0.2) is 0 Å². The molecule has 1 aliphatic heterocycles. The van der Waals surface area contributed by atoms with Gasteiger partial charge in [-0.15, -0.1) is 0 Å². The SMILES string of the molecule is CNCCS(=O)(=O)N1CC(C)N(C)C(C)C1. The smallest absolute Gasteiger partial charge is 0.215 e. The molecule has 0 saturated carbocycles. The number of hydrogen-bond donors (Lipinski definition) is 1. The van der Waals surface area contributed by atoms with Gasteiger partial charge in [-0.2, -0.15) is 4.31 Å². The summed E-state index contributed by atoms with van der Waals surface area (Å²) in [5, 5.41) is 2.88. The maximum Gasteiger partial charge on any atom is 0.215 e. The summed E-state index contributed by atoms with van der Waals surface area (Å²) in [4.78, 5) is 2.23. The highest BCUT2D eigenvalue weighted by molar-refractivity contribution is 7.89. The van der Waals surface area contributed by atoms with Gasteiger partial charge in [-0.1, -0.05) is 0 Å². The molecule has 0 radical (unpaired) electrons. The Morgan fingerprint density at radius 2 is 1.75 bits per heavy atom.